The lowest BCUT2D eigenvalue weighted by Crippen LogP contribution is -2.64. The number of aliphatic hydroxyl groups excluding tert-OH is 6. The Balaban J connectivity index is 2.12. The Morgan fingerprint density at radius 3 is 1.68 bits per heavy atom. The number of phosphoric ester groups is 1. The van der Waals surface area contributed by atoms with Crippen LogP contribution in [0.5, 0.6) is 0 Å². The summed E-state index contributed by atoms with van der Waals surface area (Å²) in [7, 11) is -4.98. The molecule has 0 aromatic carbocycles. The quantitative estimate of drug-likeness (QED) is 0.0631. The van der Waals surface area contributed by atoms with Crippen LogP contribution in [-0.4, -0.2) is 97.4 Å². The van der Waals surface area contributed by atoms with Crippen molar-refractivity contribution in [2.45, 2.75) is 134 Å². The molecule has 0 heterocycles. The van der Waals surface area contributed by atoms with Gasteiger partial charge in [-0.3, -0.25) is 13.8 Å². The largest absolute Gasteiger partial charge is 0.472 e. The van der Waals surface area contributed by atoms with Gasteiger partial charge in [0.05, 0.1) is 6.61 Å². The number of carbonyl (C=O) groups is 1. The van der Waals surface area contributed by atoms with E-state index in [0.29, 0.717) is 6.42 Å². The third-order valence-electron chi connectivity index (χ3n) is 6.61. The molecule has 1 fully saturated rings. The Morgan fingerprint density at radius 1 is 0.737 bits per heavy atom. The third-order valence-corrected chi connectivity index (χ3v) is 7.59. The van der Waals surface area contributed by atoms with Gasteiger partial charge in [-0.05, 0) is 12.3 Å². The van der Waals surface area contributed by atoms with Gasteiger partial charge in [0.15, 0.2) is 0 Å². The Labute approximate surface area is 225 Å². The number of esters is 1. The molecule has 0 saturated heterocycles. The van der Waals surface area contributed by atoms with E-state index in [-0.39, 0.29) is 6.42 Å². The van der Waals surface area contributed by atoms with Crippen LogP contribution < -0.4 is 0 Å². The minimum atomic E-state index is -4.98. The maximum Gasteiger partial charge on any atom is 0.472 e. The minimum absolute atomic E-state index is 0.193. The number of carbonyl (C=O) groups excluding carboxylic acids is 1. The van der Waals surface area contributed by atoms with Crippen LogP contribution in [0.4, 0.5) is 0 Å². The Kier molecular flexibility index (Phi) is 17.4. The summed E-state index contributed by atoms with van der Waals surface area (Å²) < 4.78 is 26.3. The number of rotatable bonds is 20. The van der Waals surface area contributed by atoms with Crippen LogP contribution in [0.1, 0.15) is 90.9 Å². The van der Waals surface area contributed by atoms with Crippen molar-refractivity contribution < 1.29 is 58.7 Å². The number of hydrogen-bond donors (Lipinski definition) is 7. The zero-order valence-corrected chi connectivity index (χ0v) is 23.5. The molecule has 13 heteroatoms. The van der Waals surface area contributed by atoms with Crippen molar-refractivity contribution in [3.63, 3.8) is 0 Å². The first-order valence-electron chi connectivity index (χ1n) is 13.8. The zero-order valence-electron chi connectivity index (χ0n) is 22.6. The van der Waals surface area contributed by atoms with Gasteiger partial charge in [0.2, 0.25) is 0 Å². The molecule has 12 nitrogen and oxygen atoms in total. The molecule has 1 saturated carbocycles. The lowest BCUT2D eigenvalue weighted by atomic mass is 9.85. The zero-order chi connectivity index (χ0) is 28.7. The Bertz CT molecular complexity index is 677. The van der Waals surface area contributed by atoms with Gasteiger partial charge in [-0.15, -0.1) is 0 Å². The molecular formula is C25H49O12P. The third kappa shape index (κ3) is 14.1. The molecule has 0 bridgehead atoms. The van der Waals surface area contributed by atoms with E-state index in [0.717, 1.165) is 25.2 Å². The van der Waals surface area contributed by atoms with Gasteiger partial charge in [0.25, 0.3) is 0 Å². The average molecular weight is 573 g/mol. The fourth-order valence-electron chi connectivity index (χ4n) is 4.23. The molecule has 8 atom stereocenters. The van der Waals surface area contributed by atoms with Crippen molar-refractivity contribution in [3.8, 4) is 0 Å². The fraction of sp³-hybridized carbons (Fsp3) is 0.960. The predicted octanol–water partition coefficient (Wildman–Crippen LogP) is 1.55. The van der Waals surface area contributed by atoms with E-state index in [4.69, 9.17) is 4.74 Å². The van der Waals surface area contributed by atoms with Crippen molar-refractivity contribution in [1.82, 2.24) is 0 Å². The van der Waals surface area contributed by atoms with Gasteiger partial charge in [-0.1, -0.05) is 78.1 Å². The van der Waals surface area contributed by atoms with Crippen LogP contribution in [0.3, 0.4) is 0 Å². The summed E-state index contributed by atoms with van der Waals surface area (Å²) in [5.74, 6) is 0.271. The first kappa shape index (κ1) is 35.4. The number of ether oxygens (including phenoxy) is 1. The summed E-state index contributed by atoms with van der Waals surface area (Å²) in [5.41, 5.74) is 0. The van der Waals surface area contributed by atoms with E-state index in [9.17, 15) is 44.9 Å². The van der Waals surface area contributed by atoms with Crippen molar-refractivity contribution >= 4 is 13.8 Å². The Morgan fingerprint density at radius 2 is 1.18 bits per heavy atom. The molecule has 0 aromatic rings. The van der Waals surface area contributed by atoms with Gasteiger partial charge >= 0.3 is 13.8 Å². The topological polar surface area (TPSA) is 203 Å². The van der Waals surface area contributed by atoms with E-state index in [2.05, 4.69) is 22.9 Å². The summed E-state index contributed by atoms with van der Waals surface area (Å²) in [4.78, 5) is 21.6. The summed E-state index contributed by atoms with van der Waals surface area (Å²) in [6.45, 7) is 3.26. The van der Waals surface area contributed by atoms with Gasteiger partial charge in [-0.25, -0.2) is 4.57 Å². The molecule has 1 aliphatic carbocycles. The van der Waals surface area contributed by atoms with Crippen molar-refractivity contribution in [2.75, 3.05) is 13.2 Å². The maximum absolute atomic E-state index is 12.1. The summed E-state index contributed by atoms with van der Waals surface area (Å²) in [6.07, 6.45) is -0.314. The lowest BCUT2D eigenvalue weighted by molar-refractivity contribution is -0.220. The minimum Gasteiger partial charge on any atom is -0.463 e. The van der Waals surface area contributed by atoms with Crippen LogP contribution in [0, 0.1) is 5.92 Å². The number of hydrogen-bond acceptors (Lipinski definition) is 11. The van der Waals surface area contributed by atoms with Crippen molar-refractivity contribution in [3.05, 3.63) is 0 Å². The molecule has 0 aliphatic heterocycles. The molecule has 0 radical (unpaired) electrons. The first-order chi connectivity index (χ1) is 17.9. The molecule has 7 N–H and O–H groups in total. The van der Waals surface area contributed by atoms with Crippen LogP contribution in [-0.2, 0) is 23.1 Å². The SMILES string of the molecule is CC(C)CCCCCCCCCCCCC(=O)OCC(O)COP(=O)(O)OC1[C@@H](O)[C@H](O)C(O)[C@H](O)[C@@H]1O. The van der Waals surface area contributed by atoms with Crippen molar-refractivity contribution in [2.24, 2.45) is 5.92 Å². The van der Waals surface area contributed by atoms with Gasteiger partial charge in [-0.2, -0.15) is 0 Å². The molecule has 0 spiro atoms. The summed E-state index contributed by atoms with van der Waals surface area (Å²) in [6, 6.07) is 0. The second kappa shape index (κ2) is 18.6. The van der Waals surface area contributed by atoms with Crippen LogP contribution >= 0.6 is 7.82 Å². The Hall–Kier alpha value is -0.660. The average Bonchev–Trinajstić information content (AvgIpc) is 2.87. The van der Waals surface area contributed by atoms with E-state index in [1.165, 1.54) is 44.9 Å². The fourth-order valence-corrected chi connectivity index (χ4v) is 5.21. The van der Waals surface area contributed by atoms with Gasteiger partial charge < -0.3 is 40.3 Å². The second-order valence-electron chi connectivity index (χ2n) is 10.6. The molecule has 226 valence electrons. The summed E-state index contributed by atoms with van der Waals surface area (Å²) >= 11 is 0. The molecule has 0 aromatic heterocycles. The highest BCUT2D eigenvalue weighted by molar-refractivity contribution is 7.47. The van der Waals surface area contributed by atoms with Crippen LogP contribution in [0.2, 0.25) is 0 Å². The van der Waals surface area contributed by atoms with E-state index < -0.39 is 69.7 Å². The monoisotopic (exact) mass is 572 g/mol. The summed E-state index contributed by atoms with van der Waals surface area (Å²) in [5, 5.41) is 58.5. The molecule has 0 amide bonds. The van der Waals surface area contributed by atoms with Crippen LogP contribution in [0.15, 0.2) is 0 Å². The number of aliphatic hydroxyl groups is 6. The lowest BCUT2D eigenvalue weighted by Gasteiger charge is -2.41. The molecule has 38 heavy (non-hydrogen) atoms. The second-order valence-corrected chi connectivity index (χ2v) is 12.0. The van der Waals surface area contributed by atoms with E-state index in [1.807, 2.05) is 0 Å². The molecular weight excluding hydrogens is 523 g/mol. The standard InChI is InChI=1S/C25H49O12P/c1-17(2)13-11-9-7-5-3-4-6-8-10-12-14-19(27)35-15-18(26)16-36-38(33,34)37-25-23(31)21(29)20(28)22(30)24(25)32/h17-18,20-26,28-32H,3-16H2,1-2H3,(H,33,34)/t18?,20?,21-,22+,23-,24-,25?/m0/s1. The molecule has 1 aliphatic rings. The highest BCUT2D eigenvalue weighted by Gasteiger charge is 2.51. The van der Waals surface area contributed by atoms with Crippen molar-refractivity contribution in [1.29, 1.82) is 0 Å². The highest BCUT2D eigenvalue weighted by atomic mass is 31.2. The molecule has 4 unspecified atom stereocenters. The van der Waals surface area contributed by atoms with E-state index >= 15 is 0 Å². The predicted molar refractivity (Wildman–Crippen MR) is 138 cm³/mol. The highest BCUT2D eigenvalue weighted by Crippen LogP contribution is 2.47. The van der Waals surface area contributed by atoms with Gasteiger partial charge in [0, 0.05) is 6.42 Å². The smallest absolute Gasteiger partial charge is 0.463 e. The maximum atomic E-state index is 12.1. The first-order valence-corrected chi connectivity index (χ1v) is 15.2. The normalized spacial score (nSPS) is 28.3. The number of phosphoric acid groups is 1. The van der Waals surface area contributed by atoms with Gasteiger partial charge in [0.1, 0.15) is 49.3 Å². The van der Waals surface area contributed by atoms with Crippen LogP contribution in [0.25, 0.3) is 0 Å². The number of unbranched alkanes of at least 4 members (excludes halogenated alkanes) is 9. The van der Waals surface area contributed by atoms with E-state index in [1.54, 1.807) is 0 Å². The molecule has 1 rings (SSSR count).